The molecule has 0 heterocycles. The van der Waals surface area contributed by atoms with Gasteiger partial charge in [0.1, 0.15) is 34.0 Å². The van der Waals surface area contributed by atoms with Gasteiger partial charge in [-0.3, -0.25) is 4.72 Å². The zero-order valence-corrected chi connectivity index (χ0v) is 11.1. The minimum atomic E-state index is -4.42. The van der Waals surface area contributed by atoms with Gasteiger partial charge >= 0.3 is 0 Å². The first-order chi connectivity index (χ1) is 9.85. The number of halogens is 3. The summed E-state index contributed by atoms with van der Waals surface area (Å²) in [4.78, 5) is -0.808. The molecular formula is C13H7F3N2O2S. The fourth-order valence-electron chi connectivity index (χ4n) is 1.62. The quantitative estimate of drug-likeness (QED) is 0.947. The minimum Gasteiger partial charge on any atom is -0.278 e. The van der Waals surface area contributed by atoms with Crippen LogP contribution >= 0.6 is 0 Å². The topological polar surface area (TPSA) is 70.0 Å². The maximum atomic E-state index is 13.5. The Morgan fingerprint density at radius 3 is 2.38 bits per heavy atom. The molecule has 0 fully saturated rings. The Bertz CT molecular complexity index is 845. The Labute approximate surface area is 118 Å². The Balaban J connectivity index is 2.48. The number of nitrogens with one attached hydrogen (secondary N) is 1. The van der Waals surface area contributed by atoms with E-state index < -0.39 is 37.9 Å². The molecule has 0 aliphatic heterocycles. The Hall–Kier alpha value is -2.53. The molecule has 4 nitrogen and oxygen atoms in total. The number of hydrogen-bond acceptors (Lipinski definition) is 3. The van der Waals surface area contributed by atoms with Gasteiger partial charge in [0.2, 0.25) is 0 Å². The number of nitriles is 1. The Kier molecular flexibility index (Phi) is 3.86. The van der Waals surface area contributed by atoms with Gasteiger partial charge < -0.3 is 0 Å². The van der Waals surface area contributed by atoms with Gasteiger partial charge in [-0.15, -0.1) is 0 Å². The molecule has 0 radical (unpaired) electrons. The number of hydrogen-bond donors (Lipinski definition) is 1. The largest absolute Gasteiger partial charge is 0.278 e. The minimum absolute atomic E-state index is 0.332. The molecule has 0 aromatic heterocycles. The van der Waals surface area contributed by atoms with Crippen molar-refractivity contribution in [2.45, 2.75) is 4.90 Å². The normalized spacial score (nSPS) is 11.0. The van der Waals surface area contributed by atoms with Crippen molar-refractivity contribution in [3.8, 4) is 6.07 Å². The van der Waals surface area contributed by atoms with Gasteiger partial charge in [-0.25, -0.2) is 21.6 Å². The maximum Gasteiger partial charge on any atom is 0.264 e. The van der Waals surface area contributed by atoms with Crippen molar-refractivity contribution in [3.63, 3.8) is 0 Å². The summed E-state index contributed by atoms with van der Waals surface area (Å²) in [6.07, 6.45) is 0. The van der Waals surface area contributed by atoms with Gasteiger partial charge in [0.05, 0.1) is 5.69 Å². The van der Waals surface area contributed by atoms with E-state index in [2.05, 4.69) is 0 Å². The molecule has 0 aliphatic carbocycles. The van der Waals surface area contributed by atoms with E-state index in [4.69, 9.17) is 5.26 Å². The van der Waals surface area contributed by atoms with E-state index in [1.807, 2.05) is 4.72 Å². The van der Waals surface area contributed by atoms with E-state index in [0.717, 1.165) is 24.3 Å². The molecule has 0 aliphatic rings. The molecule has 2 rings (SSSR count). The molecule has 0 saturated heterocycles. The molecule has 8 heteroatoms. The first-order valence-electron chi connectivity index (χ1n) is 5.51. The van der Waals surface area contributed by atoms with E-state index in [1.165, 1.54) is 12.1 Å². The molecule has 2 aromatic carbocycles. The van der Waals surface area contributed by atoms with Crippen LogP contribution in [0.5, 0.6) is 0 Å². The second-order valence-electron chi connectivity index (χ2n) is 3.95. The summed E-state index contributed by atoms with van der Waals surface area (Å²) in [7, 11) is -4.42. The van der Waals surface area contributed by atoms with Gasteiger partial charge in [-0.1, -0.05) is 6.07 Å². The van der Waals surface area contributed by atoms with Crippen molar-refractivity contribution < 1.29 is 21.6 Å². The molecule has 0 amide bonds. The van der Waals surface area contributed by atoms with Crippen LogP contribution in [0.1, 0.15) is 5.56 Å². The number of anilines is 1. The summed E-state index contributed by atoms with van der Waals surface area (Å²) in [6, 6.07) is 6.74. The van der Waals surface area contributed by atoms with Gasteiger partial charge in [0, 0.05) is 6.07 Å². The van der Waals surface area contributed by atoms with E-state index in [1.54, 1.807) is 0 Å². The van der Waals surface area contributed by atoms with Crippen LogP contribution in [0.3, 0.4) is 0 Å². The van der Waals surface area contributed by atoms with Crippen molar-refractivity contribution in [2.75, 3.05) is 4.72 Å². The lowest BCUT2D eigenvalue weighted by molar-refractivity contribution is 0.551. The first kappa shape index (κ1) is 14.9. The molecule has 21 heavy (non-hydrogen) atoms. The third kappa shape index (κ3) is 2.98. The zero-order valence-electron chi connectivity index (χ0n) is 10.3. The van der Waals surface area contributed by atoms with Crippen LogP contribution in [0.15, 0.2) is 41.3 Å². The Morgan fingerprint density at radius 2 is 1.76 bits per heavy atom. The van der Waals surface area contributed by atoms with Crippen molar-refractivity contribution in [3.05, 3.63) is 59.4 Å². The van der Waals surface area contributed by atoms with Crippen molar-refractivity contribution in [2.24, 2.45) is 0 Å². The monoisotopic (exact) mass is 312 g/mol. The van der Waals surface area contributed by atoms with Gasteiger partial charge in [-0.2, -0.15) is 5.26 Å². The summed E-state index contributed by atoms with van der Waals surface area (Å²) in [6.45, 7) is 0. The third-order valence-electron chi connectivity index (χ3n) is 2.55. The zero-order chi connectivity index (χ0) is 15.6. The molecular weight excluding hydrogens is 305 g/mol. The average molecular weight is 312 g/mol. The van der Waals surface area contributed by atoms with Crippen LogP contribution in [0.2, 0.25) is 0 Å². The summed E-state index contributed by atoms with van der Waals surface area (Å²) >= 11 is 0. The van der Waals surface area contributed by atoms with Crippen molar-refractivity contribution in [1.82, 2.24) is 0 Å². The van der Waals surface area contributed by atoms with Crippen LogP contribution in [0, 0.1) is 28.8 Å². The van der Waals surface area contributed by atoms with Crippen molar-refractivity contribution >= 4 is 15.7 Å². The molecule has 0 spiro atoms. The smallest absolute Gasteiger partial charge is 0.264 e. The van der Waals surface area contributed by atoms with Crippen LogP contribution in [0.4, 0.5) is 18.9 Å². The fourth-order valence-corrected chi connectivity index (χ4v) is 2.75. The molecule has 1 N–H and O–H groups in total. The highest BCUT2D eigenvalue weighted by Crippen LogP contribution is 2.23. The lowest BCUT2D eigenvalue weighted by Gasteiger charge is -2.10. The molecule has 0 saturated carbocycles. The standard InChI is InChI=1S/C13H7F3N2O2S/c14-8-4-5-13(11(16)6-8)21(19,20)18-12-3-1-2-10(15)9(12)7-17/h1-6,18H. The summed E-state index contributed by atoms with van der Waals surface area (Å²) in [5.74, 6) is -3.15. The molecule has 2 aromatic rings. The van der Waals surface area contributed by atoms with Crippen LogP contribution in [-0.4, -0.2) is 8.42 Å². The highest BCUT2D eigenvalue weighted by molar-refractivity contribution is 7.92. The van der Waals surface area contributed by atoms with Crippen LogP contribution in [-0.2, 0) is 10.0 Å². The molecule has 0 bridgehead atoms. The van der Waals surface area contributed by atoms with Gasteiger partial charge in [-0.05, 0) is 24.3 Å². The number of rotatable bonds is 3. The number of nitrogens with zero attached hydrogens (tertiary/aromatic N) is 1. The van der Waals surface area contributed by atoms with E-state index in [0.29, 0.717) is 6.07 Å². The Morgan fingerprint density at radius 1 is 1.05 bits per heavy atom. The van der Waals surface area contributed by atoms with E-state index in [-0.39, 0.29) is 5.69 Å². The predicted molar refractivity (Wildman–Crippen MR) is 68.3 cm³/mol. The maximum absolute atomic E-state index is 13.5. The number of benzene rings is 2. The lowest BCUT2D eigenvalue weighted by Crippen LogP contribution is -2.16. The third-order valence-corrected chi connectivity index (χ3v) is 3.95. The van der Waals surface area contributed by atoms with E-state index in [9.17, 15) is 21.6 Å². The van der Waals surface area contributed by atoms with Gasteiger partial charge in [0.25, 0.3) is 10.0 Å². The molecule has 0 unspecified atom stereocenters. The van der Waals surface area contributed by atoms with Gasteiger partial charge in [0.15, 0.2) is 0 Å². The van der Waals surface area contributed by atoms with E-state index >= 15 is 0 Å². The highest BCUT2D eigenvalue weighted by atomic mass is 32.2. The van der Waals surface area contributed by atoms with Crippen LogP contribution < -0.4 is 4.72 Å². The lowest BCUT2D eigenvalue weighted by atomic mass is 10.2. The molecule has 0 atom stereocenters. The average Bonchev–Trinajstić information content (AvgIpc) is 2.38. The second-order valence-corrected chi connectivity index (χ2v) is 5.61. The fraction of sp³-hybridized carbons (Fsp3) is 0. The summed E-state index contributed by atoms with van der Waals surface area (Å²) < 4.78 is 65.6. The van der Waals surface area contributed by atoms with Crippen LogP contribution in [0.25, 0.3) is 0 Å². The predicted octanol–water partition coefficient (Wildman–Crippen LogP) is 2.78. The highest BCUT2D eigenvalue weighted by Gasteiger charge is 2.21. The van der Waals surface area contributed by atoms with Crippen molar-refractivity contribution in [1.29, 1.82) is 5.26 Å². The summed E-state index contributed by atoms with van der Waals surface area (Å²) in [5.41, 5.74) is -0.857. The molecule has 108 valence electrons. The first-order valence-corrected chi connectivity index (χ1v) is 7.00. The number of sulfonamides is 1. The summed E-state index contributed by atoms with van der Waals surface area (Å²) in [5, 5.41) is 8.81. The SMILES string of the molecule is N#Cc1c(F)cccc1NS(=O)(=O)c1ccc(F)cc1F. The second kappa shape index (κ2) is 5.46.